The molecular formula is C12H6Cl2N2O6. The van der Waals surface area contributed by atoms with Gasteiger partial charge in [-0.1, -0.05) is 23.2 Å². The van der Waals surface area contributed by atoms with Crippen LogP contribution in [0, 0.1) is 0 Å². The van der Waals surface area contributed by atoms with Gasteiger partial charge >= 0.3 is 17.6 Å². The summed E-state index contributed by atoms with van der Waals surface area (Å²) in [5.41, 5.74) is -4.63. The predicted octanol–water partition coefficient (Wildman–Crippen LogP) is 1.23. The molecule has 0 aliphatic carbocycles. The van der Waals surface area contributed by atoms with Crippen molar-refractivity contribution >= 4 is 35.1 Å². The lowest BCUT2D eigenvalue weighted by Gasteiger charge is -2.12. The molecule has 0 saturated carbocycles. The summed E-state index contributed by atoms with van der Waals surface area (Å²) < 4.78 is 0.505. The molecule has 8 nitrogen and oxygen atoms in total. The van der Waals surface area contributed by atoms with Gasteiger partial charge in [0.15, 0.2) is 11.3 Å². The van der Waals surface area contributed by atoms with E-state index in [0.29, 0.717) is 4.57 Å². The number of rotatable bonds is 3. The van der Waals surface area contributed by atoms with Crippen LogP contribution in [0.15, 0.2) is 27.8 Å². The van der Waals surface area contributed by atoms with E-state index in [2.05, 4.69) is 0 Å². The lowest BCUT2D eigenvalue weighted by atomic mass is 10.2. The van der Waals surface area contributed by atoms with E-state index in [1.165, 1.54) is 18.2 Å². The molecule has 22 heavy (non-hydrogen) atoms. The van der Waals surface area contributed by atoms with Crippen LogP contribution in [0.25, 0.3) is 5.69 Å². The van der Waals surface area contributed by atoms with Crippen LogP contribution in [-0.2, 0) is 0 Å². The van der Waals surface area contributed by atoms with E-state index in [1.807, 2.05) is 0 Å². The van der Waals surface area contributed by atoms with Crippen LogP contribution in [-0.4, -0.2) is 31.7 Å². The first-order chi connectivity index (χ1) is 10.2. The molecule has 0 aliphatic heterocycles. The van der Waals surface area contributed by atoms with Gasteiger partial charge in [0.2, 0.25) is 0 Å². The molecular weight excluding hydrogens is 339 g/mol. The Balaban J connectivity index is 3.01. The Morgan fingerprint density at radius 1 is 1.00 bits per heavy atom. The molecule has 0 atom stereocenters. The first-order valence-electron chi connectivity index (χ1n) is 5.54. The first-order valence-corrected chi connectivity index (χ1v) is 6.30. The van der Waals surface area contributed by atoms with Gasteiger partial charge in [-0.2, -0.15) is 0 Å². The Morgan fingerprint density at radius 3 is 2.00 bits per heavy atom. The predicted molar refractivity (Wildman–Crippen MR) is 76.6 cm³/mol. The van der Waals surface area contributed by atoms with Crippen molar-refractivity contribution in [2.75, 3.05) is 0 Å². The molecule has 10 heteroatoms. The van der Waals surface area contributed by atoms with E-state index in [4.69, 9.17) is 28.3 Å². The number of H-pyrrole nitrogens is 1. The topological polar surface area (TPSA) is 129 Å². The SMILES string of the molecule is O=C(O)c1c(C(=O)O)n(-c2cc(Cl)cc(Cl)c2)c(=O)[nH]c1=O. The standard InChI is InChI=1S/C12H6Cl2N2O6/c13-4-1-5(14)3-6(2-4)16-8(11(20)21)7(10(18)19)9(17)15-12(16)22/h1-3H,(H,18,19)(H,20,21)(H,15,17,22). The summed E-state index contributed by atoms with van der Waals surface area (Å²) >= 11 is 11.6. The monoisotopic (exact) mass is 344 g/mol. The molecule has 0 amide bonds. The number of nitrogens with zero attached hydrogens (tertiary/aromatic N) is 1. The summed E-state index contributed by atoms with van der Waals surface area (Å²) in [7, 11) is 0. The van der Waals surface area contributed by atoms with Crippen molar-refractivity contribution in [3.63, 3.8) is 0 Å². The molecule has 1 aromatic heterocycles. The molecule has 2 rings (SSSR count). The molecule has 0 saturated heterocycles. The molecule has 0 spiro atoms. The molecule has 3 N–H and O–H groups in total. The summed E-state index contributed by atoms with van der Waals surface area (Å²) in [6.45, 7) is 0. The number of aromatic carboxylic acids is 2. The maximum atomic E-state index is 11.9. The number of halogens is 2. The van der Waals surface area contributed by atoms with Crippen molar-refractivity contribution in [1.29, 1.82) is 0 Å². The van der Waals surface area contributed by atoms with Gasteiger partial charge in [0, 0.05) is 10.0 Å². The summed E-state index contributed by atoms with van der Waals surface area (Å²) in [5, 5.41) is 18.4. The molecule has 114 valence electrons. The Morgan fingerprint density at radius 2 is 1.55 bits per heavy atom. The highest BCUT2D eigenvalue weighted by Gasteiger charge is 2.26. The molecule has 1 aromatic carbocycles. The largest absolute Gasteiger partial charge is 0.477 e. The Bertz CT molecular complexity index is 895. The smallest absolute Gasteiger partial charge is 0.354 e. The first kappa shape index (κ1) is 15.8. The van der Waals surface area contributed by atoms with Crippen molar-refractivity contribution < 1.29 is 19.8 Å². The normalized spacial score (nSPS) is 10.5. The van der Waals surface area contributed by atoms with Crippen LogP contribution >= 0.6 is 23.2 Å². The number of carbonyl (C=O) groups is 2. The van der Waals surface area contributed by atoms with Gasteiger partial charge in [0.05, 0.1) is 5.69 Å². The number of hydrogen-bond acceptors (Lipinski definition) is 4. The molecule has 0 radical (unpaired) electrons. The van der Waals surface area contributed by atoms with Gasteiger partial charge in [-0.05, 0) is 18.2 Å². The molecule has 0 aliphatic rings. The summed E-state index contributed by atoms with van der Waals surface area (Å²) in [6.07, 6.45) is 0. The Kier molecular flexibility index (Phi) is 4.07. The van der Waals surface area contributed by atoms with Gasteiger partial charge in [-0.3, -0.25) is 14.3 Å². The third-order valence-electron chi connectivity index (χ3n) is 2.63. The average molecular weight is 345 g/mol. The molecule has 0 fully saturated rings. The van der Waals surface area contributed by atoms with Crippen LogP contribution in [0.3, 0.4) is 0 Å². The van der Waals surface area contributed by atoms with E-state index in [1.54, 1.807) is 4.98 Å². The van der Waals surface area contributed by atoms with Crippen LogP contribution in [0.2, 0.25) is 10.0 Å². The second kappa shape index (κ2) is 5.66. The van der Waals surface area contributed by atoms with Crippen molar-refractivity contribution in [1.82, 2.24) is 9.55 Å². The summed E-state index contributed by atoms with van der Waals surface area (Å²) in [5.74, 6) is -3.56. The van der Waals surface area contributed by atoms with Gasteiger partial charge < -0.3 is 10.2 Å². The zero-order valence-corrected chi connectivity index (χ0v) is 12.0. The van der Waals surface area contributed by atoms with Crippen molar-refractivity contribution in [3.05, 3.63) is 60.3 Å². The number of benzene rings is 1. The number of nitrogens with one attached hydrogen (secondary N) is 1. The van der Waals surface area contributed by atoms with Crippen LogP contribution in [0.4, 0.5) is 0 Å². The van der Waals surface area contributed by atoms with Crippen LogP contribution in [0.5, 0.6) is 0 Å². The van der Waals surface area contributed by atoms with E-state index < -0.39 is 34.4 Å². The highest BCUT2D eigenvalue weighted by atomic mass is 35.5. The average Bonchev–Trinajstić information content (AvgIpc) is 2.35. The van der Waals surface area contributed by atoms with Crippen LogP contribution < -0.4 is 11.2 Å². The van der Waals surface area contributed by atoms with E-state index in [-0.39, 0.29) is 15.7 Å². The Hall–Kier alpha value is -2.58. The molecule has 0 bridgehead atoms. The summed E-state index contributed by atoms with van der Waals surface area (Å²) in [4.78, 5) is 47.7. The molecule has 2 aromatic rings. The fourth-order valence-electron chi connectivity index (χ4n) is 1.85. The highest BCUT2D eigenvalue weighted by molar-refractivity contribution is 6.34. The molecule has 0 unspecified atom stereocenters. The minimum Gasteiger partial charge on any atom is -0.477 e. The lowest BCUT2D eigenvalue weighted by molar-refractivity contribution is 0.0640. The fraction of sp³-hybridized carbons (Fsp3) is 0. The maximum absolute atomic E-state index is 11.9. The zero-order chi connectivity index (χ0) is 16.6. The Labute approximate surface area is 131 Å². The van der Waals surface area contributed by atoms with E-state index >= 15 is 0 Å². The minimum absolute atomic E-state index is 0.0915. The quantitative estimate of drug-likeness (QED) is 0.767. The second-order valence-electron chi connectivity index (χ2n) is 4.06. The number of carboxylic acids is 2. The number of aromatic amines is 1. The number of carboxylic acid groups (broad SMARTS) is 2. The third-order valence-corrected chi connectivity index (χ3v) is 3.07. The second-order valence-corrected chi connectivity index (χ2v) is 4.93. The summed E-state index contributed by atoms with van der Waals surface area (Å²) in [6, 6.07) is 3.73. The van der Waals surface area contributed by atoms with Gasteiger partial charge in [0.25, 0.3) is 5.56 Å². The third kappa shape index (κ3) is 2.74. The number of aromatic nitrogens is 2. The molecule has 1 heterocycles. The van der Waals surface area contributed by atoms with Gasteiger partial charge in [-0.25, -0.2) is 14.4 Å². The van der Waals surface area contributed by atoms with Crippen LogP contribution in [0.1, 0.15) is 20.8 Å². The zero-order valence-electron chi connectivity index (χ0n) is 10.5. The van der Waals surface area contributed by atoms with Crippen molar-refractivity contribution in [2.45, 2.75) is 0 Å². The van der Waals surface area contributed by atoms with Gasteiger partial charge in [-0.15, -0.1) is 0 Å². The number of hydrogen-bond donors (Lipinski definition) is 3. The lowest BCUT2D eigenvalue weighted by Crippen LogP contribution is -2.38. The van der Waals surface area contributed by atoms with Crippen molar-refractivity contribution in [2.24, 2.45) is 0 Å². The van der Waals surface area contributed by atoms with Gasteiger partial charge in [0.1, 0.15) is 0 Å². The maximum Gasteiger partial charge on any atom is 0.354 e. The van der Waals surface area contributed by atoms with E-state index in [0.717, 1.165) is 0 Å². The highest BCUT2D eigenvalue weighted by Crippen LogP contribution is 2.22. The van der Waals surface area contributed by atoms with Crippen molar-refractivity contribution in [3.8, 4) is 5.69 Å². The fourth-order valence-corrected chi connectivity index (χ4v) is 2.37. The van der Waals surface area contributed by atoms with E-state index in [9.17, 15) is 24.3 Å². The minimum atomic E-state index is -1.79.